The zero-order chi connectivity index (χ0) is 30.7. The van der Waals surface area contributed by atoms with E-state index in [2.05, 4.69) is 20.3 Å². The number of hydrogen-bond acceptors (Lipinski definition) is 7. The second-order valence-electron chi connectivity index (χ2n) is 10.3. The number of amides is 3. The number of aliphatic hydroxyl groups excluding tert-OH is 1. The normalized spacial score (nSPS) is 17.0. The minimum atomic E-state index is -1.46. The van der Waals surface area contributed by atoms with Gasteiger partial charge in [-0.15, -0.1) is 0 Å². The number of nitrogens with zero attached hydrogens (tertiary/aromatic N) is 4. The molecule has 1 fully saturated rings. The summed E-state index contributed by atoms with van der Waals surface area (Å²) in [5.41, 5.74) is 1.37. The van der Waals surface area contributed by atoms with Crippen molar-refractivity contribution in [3.8, 4) is 0 Å². The number of carbonyl (C=O) groups excluding carboxylic acids is 3. The number of aromatic nitrogens is 3. The number of carboxylic acids is 1. The molecule has 2 aromatic heterocycles. The average molecular weight is 605 g/mol. The zero-order valence-corrected chi connectivity index (χ0v) is 23.9. The van der Waals surface area contributed by atoms with Crippen LogP contribution in [-0.2, 0) is 22.6 Å². The zero-order valence-electron chi connectivity index (χ0n) is 23.1. The first kappa shape index (κ1) is 29.7. The van der Waals surface area contributed by atoms with Gasteiger partial charge in [-0.2, -0.15) is 0 Å². The van der Waals surface area contributed by atoms with E-state index >= 15 is 0 Å². The van der Waals surface area contributed by atoms with Gasteiger partial charge in [-0.25, -0.2) is 14.8 Å². The van der Waals surface area contributed by atoms with Crippen LogP contribution in [0.3, 0.4) is 0 Å². The molecular weight excluding hydrogens is 576 g/mol. The molecule has 3 heterocycles. The fourth-order valence-electron chi connectivity index (χ4n) is 5.29. The quantitative estimate of drug-likeness (QED) is 0.225. The lowest BCUT2D eigenvalue weighted by Gasteiger charge is -2.28. The SMILES string of the molecule is CN(Cc1ccccc1Cl)C(=O)C(Cc1c[nH]c2ccccc12)NC(=O)C1C[C@@H](O)CN1C(=O)c1nccnc1C(=O)O. The Hall–Kier alpha value is -4.81. The van der Waals surface area contributed by atoms with Gasteiger partial charge in [0.25, 0.3) is 5.91 Å². The number of para-hydroxylation sites is 1. The first-order valence-corrected chi connectivity index (χ1v) is 13.9. The van der Waals surface area contributed by atoms with Crippen molar-refractivity contribution in [3.63, 3.8) is 0 Å². The summed E-state index contributed by atoms with van der Waals surface area (Å²) >= 11 is 6.32. The number of β-amino-alcohol motifs (C(OH)–C–C–N with tert-alkyl or cyclic N) is 1. The van der Waals surface area contributed by atoms with E-state index in [1.807, 2.05) is 30.3 Å². The molecule has 3 atom stereocenters. The summed E-state index contributed by atoms with van der Waals surface area (Å²) in [4.78, 5) is 65.9. The predicted molar refractivity (Wildman–Crippen MR) is 156 cm³/mol. The van der Waals surface area contributed by atoms with Gasteiger partial charge in [0.1, 0.15) is 12.1 Å². The minimum absolute atomic E-state index is 0.107. The van der Waals surface area contributed by atoms with E-state index in [1.54, 1.807) is 31.4 Å². The summed E-state index contributed by atoms with van der Waals surface area (Å²) in [6.07, 6.45) is 3.08. The predicted octanol–water partition coefficient (Wildman–Crippen LogP) is 2.27. The van der Waals surface area contributed by atoms with Gasteiger partial charge in [-0.3, -0.25) is 14.4 Å². The molecule has 222 valence electrons. The molecule has 12 nitrogen and oxygen atoms in total. The van der Waals surface area contributed by atoms with E-state index < -0.39 is 53.3 Å². The Bertz CT molecular complexity index is 1690. The number of rotatable bonds is 9. The molecule has 1 aliphatic rings. The third-order valence-corrected chi connectivity index (χ3v) is 7.77. The van der Waals surface area contributed by atoms with Crippen molar-refractivity contribution >= 4 is 46.2 Å². The highest BCUT2D eigenvalue weighted by Crippen LogP contribution is 2.24. The molecule has 0 radical (unpaired) electrons. The van der Waals surface area contributed by atoms with Gasteiger partial charge in [0.2, 0.25) is 11.8 Å². The maximum atomic E-state index is 13.8. The standard InChI is InChI=1S/C30H29ClN6O6/c1-36(15-17-6-2-4-8-21(17)31)28(40)23(12-18-14-34-22-9-5-3-7-20(18)22)35-27(39)24-13-19(38)16-37(24)29(41)25-26(30(42)43)33-11-10-32-25/h2-11,14,19,23-24,34,38H,12-13,15-16H2,1H3,(H,35,39)(H,42,43)/t19-,23?,24?/m1/s1. The lowest BCUT2D eigenvalue weighted by Crippen LogP contribution is -2.54. The molecule has 43 heavy (non-hydrogen) atoms. The van der Waals surface area contributed by atoms with Crippen LogP contribution in [0.25, 0.3) is 10.9 Å². The minimum Gasteiger partial charge on any atom is -0.476 e. The number of carbonyl (C=O) groups is 4. The molecule has 4 aromatic rings. The van der Waals surface area contributed by atoms with Crippen LogP contribution in [0.2, 0.25) is 5.02 Å². The monoisotopic (exact) mass is 604 g/mol. The molecule has 3 amide bonds. The van der Waals surface area contributed by atoms with Gasteiger partial charge in [0.15, 0.2) is 11.4 Å². The fraction of sp³-hybridized carbons (Fsp3) is 0.267. The fourth-order valence-corrected chi connectivity index (χ4v) is 5.48. The number of H-pyrrole nitrogens is 1. The van der Waals surface area contributed by atoms with Gasteiger partial charge >= 0.3 is 5.97 Å². The van der Waals surface area contributed by atoms with Crippen LogP contribution in [0.1, 0.15) is 38.5 Å². The number of nitrogens with one attached hydrogen (secondary N) is 2. The third kappa shape index (κ3) is 6.35. The topological polar surface area (TPSA) is 169 Å². The van der Waals surface area contributed by atoms with Crippen molar-refractivity contribution in [2.75, 3.05) is 13.6 Å². The van der Waals surface area contributed by atoms with Crippen LogP contribution >= 0.6 is 11.6 Å². The van der Waals surface area contributed by atoms with Gasteiger partial charge < -0.3 is 30.3 Å². The molecule has 1 saturated heterocycles. The molecule has 0 saturated carbocycles. The molecule has 13 heteroatoms. The highest BCUT2D eigenvalue weighted by molar-refractivity contribution is 6.31. The number of likely N-dealkylation sites (N-methyl/N-ethyl adjacent to an activating group) is 1. The van der Waals surface area contributed by atoms with Gasteiger partial charge in [-0.1, -0.05) is 48.0 Å². The maximum absolute atomic E-state index is 13.8. The van der Waals surface area contributed by atoms with Crippen LogP contribution in [0.4, 0.5) is 0 Å². The highest BCUT2D eigenvalue weighted by atomic mass is 35.5. The van der Waals surface area contributed by atoms with Crippen LogP contribution in [0, 0.1) is 0 Å². The summed E-state index contributed by atoms with van der Waals surface area (Å²) in [7, 11) is 1.61. The number of fused-ring (bicyclic) bond motifs is 1. The number of aromatic amines is 1. The highest BCUT2D eigenvalue weighted by Gasteiger charge is 2.42. The Balaban J connectivity index is 1.42. The van der Waals surface area contributed by atoms with Gasteiger partial charge in [-0.05, 0) is 23.3 Å². The summed E-state index contributed by atoms with van der Waals surface area (Å²) in [5.74, 6) is -3.38. The lowest BCUT2D eigenvalue weighted by molar-refractivity contribution is -0.136. The van der Waals surface area contributed by atoms with E-state index in [-0.39, 0.29) is 25.9 Å². The Morgan fingerprint density at radius 2 is 1.77 bits per heavy atom. The van der Waals surface area contributed by atoms with Crippen molar-refractivity contribution in [2.45, 2.75) is 37.6 Å². The first-order chi connectivity index (χ1) is 20.6. The number of aromatic carboxylic acids is 1. The molecule has 4 N–H and O–H groups in total. The van der Waals surface area contributed by atoms with Crippen LogP contribution < -0.4 is 5.32 Å². The molecule has 0 spiro atoms. The largest absolute Gasteiger partial charge is 0.476 e. The number of hydrogen-bond donors (Lipinski definition) is 4. The molecule has 2 unspecified atom stereocenters. The molecule has 5 rings (SSSR count). The molecule has 0 aliphatic carbocycles. The van der Waals surface area contributed by atoms with E-state index in [1.165, 1.54) is 11.1 Å². The Morgan fingerprint density at radius 1 is 1.07 bits per heavy atom. The second kappa shape index (κ2) is 12.6. The number of carboxylic acid groups (broad SMARTS) is 1. The van der Waals surface area contributed by atoms with Crippen LogP contribution in [0.15, 0.2) is 67.1 Å². The summed E-state index contributed by atoms with van der Waals surface area (Å²) in [6.45, 7) is -0.0316. The first-order valence-electron chi connectivity index (χ1n) is 13.5. The Morgan fingerprint density at radius 3 is 2.51 bits per heavy atom. The maximum Gasteiger partial charge on any atom is 0.356 e. The van der Waals surface area contributed by atoms with Crippen molar-refractivity contribution in [1.29, 1.82) is 0 Å². The van der Waals surface area contributed by atoms with E-state index in [9.17, 15) is 29.4 Å². The Kier molecular flexibility index (Phi) is 8.69. The summed E-state index contributed by atoms with van der Waals surface area (Å²) < 4.78 is 0. The van der Waals surface area contributed by atoms with Gasteiger partial charge in [0, 0.05) is 67.5 Å². The molecule has 2 aromatic carbocycles. The van der Waals surface area contributed by atoms with Crippen molar-refractivity contribution in [2.24, 2.45) is 0 Å². The number of benzene rings is 2. The Labute approximate surface area is 251 Å². The van der Waals surface area contributed by atoms with Crippen LogP contribution in [0.5, 0.6) is 0 Å². The average Bonchev–Trinajstić information content (AvgIpc) is 3.60. The smallest absolute Gasteiger partial charge is 0.356 e. The number of halogens is 1. The third-order valence-electron chi connectivity index (χ3n) is 7.40. The van der Waals surface area contributed by atoms with Crippen LogP contribution in [-0.4, -0.2) is 90.4 Å². The van der Waals surface area contributed by atoms with E-state index in [4.69, 9.17) is 11.6 Å². The summed E-state index contributed by atoms with van der Waals surface area (Å²) in [5, 5.41) is 24.1. The lowest BCUT2D eigenvalue weighted by atomic mass is 10.0. The summed E-state index contributed by atoms with van der Waals surface area (Å²) in [6, 6.07) is 12.5. The van der Waals surface area contributed by atoms with E-state index in [0.717, 1.165) is 33.1 Å². The van der Waals surface area contributed by atoms with E-state index in [0.29, 0.717) is 5.02 Å². The number of likely N-dealkylation sites (tertiary alicyclic amines) is 1. The number of aliphatic hydroxyl groups is 1. The van der Waals surface area contributed by atoms with Crippen molar-refractivity contribution in [1.82, 2.24) is 30.1 Å². The molecular formula is C30H29ClN6O6. The molecule has 0 bridgehead atoms. The van der Waals surface area contributed by atoms with Gasteiger partial charge in [0.05, 0.1) is 6.10 Å². The van der Waals surface area contributed by atoms with Crippen molar-refractivity contribution in [3.05, 3.63) is 94.7 Å². The second-order valence-corrected chi connectivity index (χ2v) is 10.7. The molecule has 1 aliphatic heterocycles. The van der Waals surface area contributed by atoms with Crippen molar-refractivity contribution < 1.29 is 29.4 Å².